The van der Waals surface area contributed by atoms with Gasteiger partial charge in [-0.2, -0.15) is 5.10 Å². The van der Waals surface area contributed by atoms with Gasteiger partial charge in [0.05, 0.1) is 22.8 Å². The number of rotatable bonds is 5. The molecule has 1 heterocycles. The van der Waals surface area contributed by atoms with E-state index in [9.17, 15) is 9.59 Å². The molecule has 0 atom stereocenters. The predicted molar refractivity (Wildman–Crippen MR) is 126 cm³/mol. The number of nitrogens with zero attached hydrogens (tertiary/aromatic N) is 2. The Labute approximate surface area is 191 Å². The predicted octanol–water partition coefficient (Wildman–Crippen LogP) is 5.26. The molecule has 0 aliphatic rings. The Hall–Kier alpha value is -2.89. The van der Waals surface area contributed by atoms with Crippen molar-refractivity contribution in [3.05, 3.63) is 103 Å². The van der Waals surface area contributed by atoms with Crippen molar-refractivity contribution in [3.8, 4) is 0 Å². The maximum Gasteiger partial charge on any atom is 0.276 e. The molecule has 0 radical (unpaired) electrons. The maximum absolute atomic E-state index is 12.7. The minimum Gasteiger partial charge on any atom is -0.310 e. The molecule has 5 nitrogen and oxygen atoms in total. The fourth-order valence-corrected chi connectivity index (χ4v) is 3.28. The smallest absolute Gasteiger partial charge is 0.276 e. The molecule has 0 spiro atoms. The molecule has 0 saturated carbocycles. The fraction of sp³-hybridized carbons (Fsp3) is 0.208. The minimum absolute atomic E-state index is 0.00258. The van der Waals surface area contributed by atoms with Crippen molar-refractivity contribution in [3.63, 3.8) is 0 Å². The Balaban J connectivity index is 1.70. The Kier molecular flexibility index (Phi) is 6.98. The van der Waals surface area contributed by atoms with Crippen LogP contribution in [0.3, 0.4) is 0 Å². The second-order valence-corrected chi connectivity index (χ2v) is 8.99. The molecule has 160 valence electrons. The van der Waals surface area contributed by atoms with E-state index in [-0.39, 0.29) is 17.5 Å². The van der Waals surface area contributed by atoms with Gasteiger partial charge in [-0.3, -0.25) is 9.59 Å². The SMILES string of the molecule is CC(C)(C)c1ccc(/C=N\NC(=O)c2cccn(Cc3ccc(Cl)c(Cl)c3)c2=O)cc1. The zero-order valence-corrected chi connectivity index (χ0v) is 19.0. The van der Waals surface area contributed by atoms with E-state index in [4.69, 9.17) is 23.2 Å². The molecule has 1 N–H and O–H groups in total. The maximum atomic E-state index is 12.7. The molecule has 2 aromatic carbocycles. The third kappa shape index (κ3) is 5.84. The van der Waals surface area contributed by atoms with Crippen molar-refractivity contribution in [2.75, 3.05) is 0 Å². The van der Waals surface area contributed by atoms with Gasteiger partial charge in [-0.25, -0.2) is 5.43 Å². The van der Waals surface area contributed by atoms with Gasteiger partial charge in [0.2, 0.25) is 0 Å². The van der Waals surface area contributed by atoms with E-state index < -0.39 is 11.5 Å². The minimum atomic E-state index is -0.573. The zero-order valence-electron chi connectivity index (χ0n) is 17.5. The fourth-order valence-electron chi connectivity index (χ4n) is 2.96. The van der Waals surface area contributed by atoms with E-state index in [1.165, 1.54) is 16.2 Å². The molecule has 0 saturated heterocycles. The van der Waals surface area contributed by atoms with Crippen LogP contribution in [0.15, 0.2) is 70.7 Å². The third-order valence-electron chi connectivity index (χ3n) is 4.76. The first kappa shape index (κ1) is 22.8. The van der Waals surface area contributed by atoms with E-state index in [1.54, 1.807) is 36.7 Å². The van der Waals surface area contributed by atoms with Gasteiger partial charge >= 0.3 is 0 Å². The number of amides is 1. The number of hydrogen-bond acceptors (Lipinski definition) is 3. The van der Waals surface area contributed by atoms with Crippen molar-refractivity contribution >= 4 is 35.3 Å². The second kappa shape index (κ2) is 9.50. The molecule has 1 amide bonds. The summed E-state index contributed by atoms with van der Waals surface area (Å²) in [5.74, 6) is -0.573. The number of carbonyl (C=O) groups excluding carboxylic acids is 1. The van der Waals surface area contributed by atoms with Crippen molar-refractivity contribution in [1.29, 1.82) is 0 Å². The Morgan fingerprint density at radius 2 is 1.77 bits per heavy atom. The molecule has 0 aliphatic heterocycles. The largest absolute Gasteiger partial charge is 0.310 e. The van der Waals surface area contributed by atoms with Crippen LogP contribution in [0.1, 0.15) is 47.8 Å². The quantitative estimate of drug-likeness (QED) is 0.420. The van der Waals surface area contributed by atoms with Crippen molar-refractivity contribution in [2.45, 2.75) is 32.7 Å². The summed E-state index contributed by atoms with van der Waals surface area (Å²) in [6.07, 6.45) is 3.16. The van der Waals surface area contributed by atoms with E-state index in [0.717, 1.165) is 11.1 Å². The first-order chi connectivity index (χ1) is 14.6. The average molecular weight is 456 g/mol. The van der Waals surface area contributed by atoms with E-state index >= 15 is 0 Å². The number of aromatic nitrogens is 1. The number of nitrogens with one attached hydrogen (secondary N) is 1. The topological polar surface area (TPSA) is 63.5 Å². The lowest BCUT2D eigenvalue weighted by Crippen LogP contribution is -2.30. The molecular weight excluding hydrogens is 433 g/mol. The van der Waals surface area contributed by atoms with E-state index in [1.807, 2.05) is 24.3 Å². The highest BCUT2D eigenvalue weighted by Crippen LogP contribution is 2.23. The van der Waals surface area contributed by atoms with Crippen LogP contribution in [0.25, 0.3) is 0 Å². The number of halogens is 2. The van der Waals surface area contributed by atoms with Gasteiger partial charge in [0.15, 0.2) is 0 Å². The Bertz CT molecular complexity index is 1180. The lowest BCUT2D eigenvalue weighted by molar-refractivity contribution is 0.0953. The van der Waals surface area contributed by atoms with Gasteiger partial charge in [-0.15, -0.1) is 0 Å². The summed E-state index contributed by atoms with van der Waals surface area (Å²) in [4.78, 5) is 25.2. The highest BCUT2D eigenvalue weighted by atomic mass is 35.5. The lowest BCUT2D eigenvalue weighted by Gasteiger charge is -2.18. The second-order valence-electron chi connectivity index (χ2n) is 8.17. The van der Waals surface area contributed by atoms with Gasteiger partial charge < -0.3 is 4.57 Å². The molecule has 0 unspecified atom stereocenters. The van der Waals surface area contributed by atoms with E-state index in [0.29, 0.717) is 10.0 Å². The average Bonchev–Trinajstić information content (AvgIpc) is 2.72. The van der Waals surface area contributed by atoms with Crippen LogP contribution < -0.4 is 11.0 Å². The van der Waals surface area contributed by atoms with Crippen LogP contribution in [0.5, 0.6) is 0 Å². The molecule has 0 bridgehead atoms. The summed E-state index contributed by atoms with van der Waals surface area (Å²) in [6.45, 7) is 6.69. The Morgan fingerprint density at radius 3 is 2.42 bits per heavy atom. The van der Waals surface area contributed by atoms with Crippen LogP contribution in [0, 0.1) is 0 Å². The van der Waals surface area contributed by atoms with Crippen LogP contribution in [-0.4, -0.2) is 16.7 Å². The molecule has 0 fully saturated rings. The zero-order chi connectivity index (χ0) is 22.6. The number of carbonyl (C=O) groups is 1. The number of hydrazone groups is 1. The lowest BCUT2D eigenvalue weighted by atomic mass is 9.87. The highest BCUT2D eigenvalue weighted by Gasteiger charge is 2.13. The number of hydrogen-bond donors (Lipinski definition) is 1. The summed E-state index contributed by atoms with van der Waals surface area (Å²) >= 11 is 12.0. The number of benzene rings is 2. The van der Waals surface area contributed by atoms with Gasteiger partial charge in [0, 0.05) is 6.20 Å². The summed E-state index contributed by atoms with van der Waals surface area (Å²) in [5.41, 5.74) is 4.92. The Morgan fingerprint density at radius 1 is 1.06 bits per heavy atom. The van der Waals surface area contributed by atoms with Crippen molar-refractivity contribution in [2.24, 2.45) is 5.10 Å². The summed E-state index contributed by atoms with van der Waals surface area (Å²) in [7, 11) is 0. The van der Waals surface area contributed by atoms with Gasteiger partial charge in [-0.05, 0) is 46.4 Å². The molecule has 7 heteroatoms. The van der Waals surface area contributed by atoms with Crippen LogP contribution in [-0.2, 0) is 12.0 Å². The summed E-state index contributed by atoms with van der Waals surface area (Å²) in [5, 5.41) is 4.83. The van der Waals surface area contributed by atoms with Gasteiger partial charge in [0.1, 0.15) is 5.56 Å². The third-order valence-corrected chi connectivity index (χ3v) is 5.50. The van der Waals surface area contributed by atoms with Gasteiger partial charge in [-0.1, -0.05) is 74.3 Å². The van der Waals surface area contributed by atoms with Crippen LogP contribution >= 0.6 is 23.2 Å². The van der Waals surface area contributed by atoms with Crippen LogP contribution in [0.2, 0.25) is 10.0 Å². The van der Waals surface area contributed by atoms with Crippen molar-refractivity contribution in [1.82, 2.24) is 9.99 Å². The first-order valence-corrected chi connectivity index (χ1v) is 10.5. The number of pyridine rings is 1. The van der Waals surface area contributed by atoms with Crippen LogP contribution in [0.4, 0.5) is 0 Å². The summed E-state index contributed by atoms with van der Waals surface area (Å²) < 4.78 is 1.43. The molecule has 31 heavy (non-hydrogen) atoms. The first-order valence-electron chi connectivity index (χ1n) is 9.72. The van der Waals surface area contributed by atoms with Crippen molar-refractivity contribution < 1.29 is 4.79 Å². The standard InChI is InChI=1S/C24H23Cl2N3O2/c1-24(2,3)18-9-6-16(7-10-18)14-27-28-22(30)19-5-4-12-29(23(19)31)15-17-8-11-20(25)21(26)13-17/h4-14H,15H2,1-3H3,(H,28,30)/b27-14-. The summed E-state index contributed by atoms with van der Waals surface area (Å²) in [6, 6.07) is 16.2. The molecule has 0 aliphatic carbocycles. The molecular formula is C24H23Cl2N3O2. The molecule has 3 aromatic rings. The molecule has 3 rings (SSSR count). The van der Waals surface area contributed by atoms with E-state index in [2.05, 4.69) is 31.3 Å². The normalized spacial score (nSPS) is 11.6. The highest BCUT2D eigenvalue weighted by molar-refractivity contribution is 6.42. The molecule has 1 aromatic heterocycles. The van der Waals surface area contributed by atoms with Gasteiger partial charge in [0.25, 0.3) is 11.5 Å². The monoisotopic (exact) mass is 455 g/mol.